The second-order valence-electron chi connectivity index (χ2n) is 7.55. The Labute approximate surface area is 175 Å². The van der Waals surface area contributed by atoms with Crippen molar-refractivity contribution in [1.29, 1.82) is 0 Å². The monoisotopic (exact) mass is 414 g/mol. The summed E-state index contributed by atoms with van der Waals surface area (Å²) in [7, 11) is 0. The number of aryl methyl sites for hydroxylation is 2. The van der Waals surface area contributed by atoms with E-state index in [2.05, 4.69) is 10.1 Å². The summed E-state index contributed by atoms with van der Waals surface area (Å²) >= 11 is 1.54. The minimum absolute atomic E-state index is 0.00286. The van der Waals surface area contributed by atoms with E-state index in [1.165, 1.54) is 11.8 Å². The smallest absolute Gasteiger partial charge is 0.242 e. The number of thioether (sulfide) groups is 1. The number of carbonyl (C=O) groups is 2. The van der Waals surface area contributed by atoms with Crippen molar-refractivity contribution in [2.24, 2.45) is 0 Å². The highest BCUT2D eigenvalue weighted by Gasteiger charge is 2.29. The normalized spacial score (nSPS) is 17.9. The van der Waals surface area contributed by atoms with E-state index in [9.17, 15) is 9.59 Å². The van der Waals surface area contributed by atoms with Gasteiger partial charge >= 0.3 is 0 Å². The second-order valence-corrected chi connectivity index (χ2v) is 8.57. The largest absolute Gasteiger partial charge is 0.361 e. The Morgan fingerprint density at radius 2 is 2.00 bits per heavy atom. The van der Waals surface area contributed by atoms with Gasteiger partial charge in [0.25, 0.3) is 0 Å². The van der Waals surface area contributed by atoms with E-state index in [-0.39, 0.29) is 18.4 Å². The van der Waals surface area contributed by atoms with Crippen molar-refractivity contribution >= 4 is 29.3 Å². The van der Waals surface area contributed by atoms with Gasteiger partial charge in [-0.15, -0.1) is 11.8 Å². The third-order valence-corrected chi connectivity index (χ3v) is 6.65. The van der Waals surface area contributed by atoms with Crippen molar-refractivity contribution in [2.45, 2.75) is 31.7 Å². The summed E-state index contributed by atoms with van der Waals surface area (Å²) in [5.41, 5.74) is 2.91. The molecule has 3 heterocycles. The number of amides is 2. The van der Waals surface area contributed by atoms with Crippen LogP contribution in [0.3, 0.4) is 0 Å². The summed E-state index contributed by atoms with van der Waals surface area (Å²) in [6, 6.07) is 7.79. The first-order valence-corrected chi connectivity index (χ1v) is 11.0. The Balaban J connectivity index is 1.38. The highest BCUT2D eigenvalue weighted by molar-refractivity contribution is 8.00. The van der Waals surface area contributed by atoms with Gasteiger partial charge in [-0.25, -0.2) is 0 Å². The van der Waals surface area contributed by atoms with Gasteiger partial charge in [0.2, 0.25) is 11.8 Å². The van der Waals surface area contributed by atoms with Crippen LogP contribution >= 0.6 is 11.8 Å². The minimum atomic E-state index is -0.00286. The zero-order valence-corrected chi connectivity index (χ0v) is 17.7. The lowest BCUT2D eigenvalue weighted by atomic mass is 10.2. The Morgan fingerprint density at radius 1 is 1.17 bits per heavy atom. The molecule has 1 aromatic heterocycles. The Hall–Kier alpha value is -2.32. The van der Waals surface area contributed by atoms with Crippen LogP contribution in [0, 0.1) is 13.8 Å². The molecule has 0 bridgehead atoms. The molecule has 2 aromatic rings. The summed E-state index contributed by atoms with van der Waals surface area (Å²) in [4.78, 5) is 32.4. The van der Waals surface area contributed by atoms with Gasteiger partial charge in [0.1, 0.15) is 12.3 Å². The molecule has 2 amide bonds. The molecule has 154 valence electrons. The average Bonchev–Trinajstić information content (AvgIpc) is 2.91. The number of fused-ring (bicyclic) bond motifs is 1. The predicted molar refractivity (Wildman–Crippen MR) is 112 cm³/mol. The molecule has 0 N–H and O–H groups in total. The zero-order valence-electron chi connectivity index (χ0n) is 16.9. The summed E-state index contributed by atoms with van der Waals surface area (Å²) in [5.74, 6) is 1.26. The van der Waals surface area contributed by atoms with Crippen LogP contribution in [0.5, 0.6) is 0 Å². The van der Waals surface area contributed by atoms with E-state index < -0.39 is 0 Å². The lowest BCUT2D eigenvalue weighted by molar-refractivity contribution is -0.131. The van der Waals surface area contributed by atoms with Gasteiger partial charge in [0.05, 0.1) is 17.1 Å². The van der Waals surface area contributed by atoms with Crippen LogP contribution in [0.1, 0.15) is 23.4 Å². The fourth-order valence-electron chi connectivity index (χ4n) is 3.89. The van der Waals surface area contributed by atoms with Crippen molar-refractivity contribution < 1.29 is 14.1 Å². The molecule has 1 aromatic carbocycles. The summed E-state index contributed by atoms with van der Waals surface area (Å²) in [6.07, 6.45) is 0.912. The van der Waals surface area contributed by atoms with Crippen LogP contribution in [-0.2, 0) is 16.1 Å². The molecule has 4 rings (SSSR count). The molecule has 1 fully saturated rings. The molecule has 0 aliphatic carbocycles. The number of hydrogen-bond donors (Lipinski definition) is 0. The number of aromatic nitrogens is 1. The average molecular weight is 415 g/mol. The Bertz CT molecular complexity index is 894. The first-order valence-electron chi connectivity index (χ1n) is 9.97. The fraction of sp³-hybridized carbons (Fsp3) is 0.476. The van der Waals surface area contributed by atoms with Crippen LogP contribution < -0.4 is 4.90 Å². The van der Waals surface area contributed by atoms with Gasteiger partial charge in [-0.3, -0.25) is 14.5 Å². The molecule has 0 saturated carbocycles. The highest BCUT2D eigenvalue weighted by atomic mass is 32.2. The molecule has 0 radical (unpaired) electrons. The highest BCUT2D eigenvalue weighted by Crippen LogP contribution is 2.34. The van der Waals surface area contributed by atoms with Crippen LogP contribution in [-0.4, -0.2) is 65.2 Å². The minimum Gasteiger partial charge on any atom is -0.361 e. The van der Waals surface area contributed by atoms with Crippen molar-refractivity contribution in [3.05, 3.63) is 41.3 Å². The number of hydrogen-bond acceptors (Lipinski definition) is 6. The molecule has 0 atom stereocenters. The van der Waals surface area contributed by atoms with E-state index in [0.29, 0.717) is 12.3 Å². The van der Waals surface area contributed by atoms with E-state index in [4.69, 9.17) is 4.52 Å². The van der Waals surface area contributed by atoms with Crippen LogP contribution in [0.4, 0.5) is 5.69 Å². The SMILES string of the molecule is Cc1noc(C)c1CN1CCCN(C(=O)CN2C(=O)CSc3ccccc32)CC1. The van der Waals surface area contributed by atoms with Gasteiger partial charge in [-0.1, -0.05) is 17.3 Å². The molecule has 2 aliphatic heterocycles. The van der Waals surface area contributed by atoms with E-state index in [0.717, 1.165) is 60.2 Å². The molecule has 1 saturated heterocycles. The Morgan fingerprint density at radius 3 is 2.79 bits per heavy atom. The standard InChI is InChI=1S/C21H26N4O3S/c1-15-17(16(2)28-22-15)12-23-8-5-9-24(11-10-23)20(26)13-25-18-6-3-4-7-19(18)29-14-21(25)27/h3-4,6-7H,5,8-14H2,1-2H3. The molecule has 2 aliphatic rings. The molecule has 29 heavy (non-hydrogen) atoms. The van der Waals surface area contributed by atoms with Crippen LogP contribution in [0.25, 0.3) is 0 Å². The maximum absolute atomic E-state index is 13.0. The Kier molecular flexibility index (Phi) is 5.91. The number of carbonyl (C=O) groups excluding carboxylic acids is 2. The van der Waals surface area contributed by atoms with Crippen molar-refractivity contribution in [3.63, 3.8) is 0 Å². The van der Waals surface area contributed by atoms with Gasteiger partial charge in [-0.05, 0) is 32.4 Å². The third-order valence-electron chi connectivity index (χ3n) is 5.61. The zero-order chi connectivity index (χ0) is 20.4. The number of para-hydroxylation sites is 1. The van der Waals surface area contributed by atoms with Gasteiger partial charge in [0, 0.05) is 43.2 Å². The summed E-state index contributed by atoms with van der Waals surface area (Å²) in [6.45, 7) is 7.92. The molecular formula is C21H26N4O3S. The number of rotatable bonds is 4. The summed E-state index contributed by atoms with van der Waals surface area (Å²) < 4.78 is 5.27. The number of anilines is 1. The number of nitrogens with zero attached hydrogens (tertiary/aromatic N) is 4. The third kappa shape index (κ3) is 4.33. The van der Waals surface area contributed by atoms with Gasteiger partial charge in [-0.2, -0.15) is 0 Å². The summed E-state index contributed by atoms with van der Waals surface area (Å²) in [5, 5.41) is 4.03. The lowest BCUT2D eigenvalue weighted by Crippen LogP contribution is -2.46. The van der Waals surface area contributed by atoms with E-state index >= 15 is 0 Å². The quantitative estimate of drug-likeness (QED) is 0.766. The molecule has 0 spiro atoms. The predicted octanol–water partition coefficient (Wildman–Crippen LogP) is 2.46. The molecule has 8 heteroatoms. The second kappa shape index (κ2) is 8.59. The first kappa shape index (κ1) is 20.0. The topological polar surface area (TPSA) is 69.9 Å². The first-order chi connectivity index (χ1) is 14.0. The lowest BCUT2D eigenvalue weighted by Gasteiger charge is -2.30. The van der Waals surface area contributed by atoms with Crippen LogP contribution in [0.15, 0.2) is 33.7 Å². The van der Waals surface area contributed by atoms with Gasteiger partial charge < -0.3 is 14.3 Å². The molecular weight excluding hydrogens is 388 g/mol. The van der Waals surface area contributed by atoms with Crippen molar-refractivity contribution in [1.82, 2.24) is 15.0 Å². The van der Waals surface area contributed by atoms with Gasteiger partial charge in [0.15, 0.2) is 0 Å². The number of benzene rings is 1. The molecule has 7 nitrogen and oxygen atoms in total. The molecule has 0 unspecified atom stereocenters. The maximum atomic E-state index is 13.0. The van der Waals surface area contributed by atoms with E-state index in [1.54, 1.807) is 4.90 Å². The van der Waals surface area contributed by atoms with Crippen molar-refractivity contribution in [3.8, 4) is 0 Å². The maximum Gasteiger partial charge on any atom is 0.242 e. The van der Waals surface area contributed by atoms with E-state index in [1.807, 2.05) is 43.0 Å². The van der Waals surface area contributed by atoms with Crippen LogP contribution in [0.2, 0.25) is 0 Å². The van der Waals surface area contributed by atoms with Crippen molar-refractivity contribution in [2.75, 3.05) is 43.4 Å². The fourth-order valence-corrected chi connectivity index (χ4v) is 4.83.